The molecule has 0 aliphatic heterocycles. The molecular weight excluding hydrogens is 232 g/mol. The van der Waals surface area contributed by atoms with Gasteiger partial charge in [-0.2, -0.15) is 5.26 Å². The van der Waals surface area contributed by atoms with E-state index in [4.69, 9.17) is 0 Å². The molecule has 2 fully saturated rings. The fraction of sp³-hybridized carbons (Fsp3) is 0.941. The molecule has 2 saturated carbocycles. The lowest BCUT2D eigenvalue weighted by atomic mass is 9.75. The summed E-state index contributed by atoms with van der Waals surface area (Å²) in [6.45, 7) is 4.71. The molecule has 0 N–H and O–H groups in total. The number of rotatable bonds is 3. The number of hydrogen-bond acceptors (Lipinski definition) is 2. The van der Waals surface area contributed by atoms with Crippen LogP contribution in [0.15, 0.2) is 0 Å². The summed E-state index contributed by atoms with van der Waals surface area (Å²) in [6.07, 6.45) is 10.4. The fourth-order valence-electron chi connectivity index (χ4n) is 4.35. The highest BCUT2D eigenvalue weighted by atomic mass is 15.2. The van der Waals surface area contributed by atoms with Gasteiger partial charge in [-0.05, 0) is 51.0 Å². The van der Waals surface area contributed by atoms with E-state index in [1.54, 1.807) is 0 Å². The third-order valence-electron chi connectivity index (χ3n) is 5.78. The highest BCUT2D eigenvalue weighted by Gasteiger charge is 2.37. The van der Waals surface area contributed by atoms with Crippen molar-refractivity contribution in [3.63, 3.8) is 0 Å². The lowest BCUT2D eigenvalue weighted by molar-refractivity contribution is 0.0452. The first-order valence-electron chi connectivity index (χ1n) is 8.28. The highest BCUT2D eigenvalue weighted by molar-refractivity contribution is 4.99. The van der Waals surface area contributed by atoms with Gasteiger partial charge in [0, 0.05) is 12.1 Å². The molecule has 2 aliphatic rings. The molecule has 2 nitrogen and oxygen atoms in total. The minimum absolute atomic E-state index is 0.266. The van der Waals surface area contributed by atoms with Crippen LogP contribution in [0.25, 0.3) is 0 Å². The van der Waals surface area contributed by atoms with Crippen molar-refractivity contribution in [2.24, 2.45) is 17.8 Å². The van der Waals surface area contributed by atoms with Crippen molar-refractivity contribution in [1.82, 2.24) is 4.90 Å². The van der Waals surface area contributed by atoms with Gasteiger partial charge in [0.1, 0.15) is 0 Å². The van der Waals surface area contributed by atoms with Crippen LogP contribution in [-0.2, 0) is 0 Å². The topological polar surface area (TPSA) is 27.0 Å². The van der Waals surface area contributed by atoms with Crippen LogP contribution in [0.3, 0.4) is 0 Å². The molecule has 0 heterocycles. The quantitative estimate of drug-likeness (QED) is 0.761. The minimum Gasteiger partial charge on any atom is -0.299 e. The van der Waals surface area contributed by atoms with Crippen LogP contribution in [0, 0.1) is 29.1 Å². The molecule has 19 heavy (non-hydrogen) atoms. The van der Waals surface area contributed by atoms with Crippen LogP contribution in [0.2, 0.25) is 0 Å². The second-order valence-electron chi connectivity index (χ2n) is 6.88. The van der Waals surface area contributed by atoms with Crippen molar-refractivity contribution in [2.75, 3.05) is 7.05 Å². The lowest BCUT2D eigenvalue weighted by Crippen LogP contribution is -2.50. The number of nitrogens with zero attached hydrogens (tertiary/aromatic N) is 2. The Morgan fingerprint density at radius 3 is 2.47 bits per heavy atom. The Balaban J connectivity index is 2.05. The highest BCUT2D eigenvalue weighted by Crippen LogP contribution is 2.37. The summed E-state index contributed by atoms with van der Waals surface area (Å²) in [5, 5.41) is 9.46. The van der Waals surface area contributed by atoms with E-state index in [0.717, 1.165) is 18.3 Å². The van der Waals surface area contributed by atoms with E-state index in [0.29, 0.717) is 12.1 Å². The molecule has 0 radical (unpaired) electrons. The Hall–Kier alpha value is -0.550. The van der Waals surface area contributed by atoms with E-state index >= 15 is 0 Å². The predicted molar refractivity (Wildman–Crippen MR) is 79.7 cm³/mol. The van der Waals surface area contributed by atoms with Gasteiger partial charge in [-0.15, -0.1) is 0 Å². The van der Waals surface area contributed by atoms with Crippen molar-refractivity contribution in [3.8, 4) is 6.07 Å². The Morgan fingerprint density at radius 1 is 1.11 bits per heavy atom. The molecule has 108 valence electrons. The van der Waals surface area contributed by atoms with Crippen LogP contribution < -0.4 is 0 Å². The van der Waals surface area contributed by atoms with Gasteiger partial charge < -0.3 is 0 Å². The molecule has 0 aromatic heterocycles. The smallest absolute Gasteiger partial charge is 0.0672 e. The average Bonchev–Trinajstić information content (AvgIpc) is 2.46. The molecule has 5 atom stereocenters. The van der Waals surface area contributed by atoms with Crippen molar-refractivity contribution >= 4 is 0 Å². The molecule has 0 amide bonds. The first-order chi connectivity index (χ1) is 9.17. The number of hydrogen-bond donors (Lipinski definition) is 0. The summed E-state index contributed by atoms with van der Waals surface area (Å²) in [5.74, 6) is 1.91. The third kappa shape index (κ3) is 3.31. The Morgan fingerprint density at radius 2 is 1.84 bits per heavy atom. The second-order valence-corrected chi connectivity index (χ2v) is 6.88. The largest absolute Gasteiger partial charge is 0.299 e. The van der Waals surface area contributed by atoms with E-state index < -0.39 is 0 Å². The SMILES string of the molecule is CCC1CCC(C#N)C(N(C)C2CCCCC2C)C1. The zero-order valence-corrected chi connectivity index (χ0v) is 12.9. The van der Waals surface area contributed by atoms with Crippen LogP contribution in [0.5, 0.6) is 0 Å². The fourth-order valence-corrected chi connectivity index (χ4v) is 4.35. The van der Waals surface area contributed by atoms with E-state index in [-0.39, 0.29) is 5.92 Å². The molecule has 0 bridgehead atoms. The van der Waals surface area contributed by atoms with Crippen LogP contribution in [0.4, 0.5) is 0 Å². The molecule has 2 rings (SSSR count). The molecule has 0 saturated heterocycles. The molecule has 2 aliphatic carbocycles. The van der Waals surface area contributed by atoms with Crippen molar-refractivity contribution in [2.45, 2.75) is 77.3 Å². The zero-order chi connectivity index (χ0) is 13.8. The first-order valence-corrected chi connectivity index (χ1v) is 8.28. The molecule has 5 unspecified atom stereocenters. The maximum Gasteiger partial charge on any atom is 0.0672 e. The second kappa shape index (κ2) is 6.75. The summed E-state index contributed by atoms with van der Waals surface area (Å²) in [6, 6.07) is 3.81. The lowest BCUT2D eigenvalue weighted by Gasteiger charge is -2.45. The maximum atomic E-state index is 9.46. The van der Waals surface area contributed by atoms with E-state index in [1.165, 1.54) is 44.9 Å². The summed E-state index contributed by atoms with van der Waals surface area (Å²) in [7, 11) is 2.29. The van der Waals surface area contributed by atoms with E-state index in [2.05, 4.69) is 31.9 Å². The third-order valence-corrected chi connectivity index (χ3v) is 5.78. The Kier molecular flexibility index (Phi) is 5.28. The van der Waals surface area contributed by atoms with Crippen molar-refractivity contribution in [1.29, 1.82) is 5.26 Å². The average molecular weight is 262 g/mol. The predicted octanol–water partition coefficient (Wildman–Crippen LogP) is 4.22. The van der Waals surface area contributed by atoms with Crippen LogP contribution >= 0.6 is 0 Å². The van der Waals surface area contributed by atoms with Gasteiger partial charge in [0.15, 0.2) is 0 Å². The zero-order valence-electron chi connectivity index (χ0n) is 12.9. The standard InChI is InChI=1S/C17H30N2/c1-4-14-9-10-15(12-18)17(11-14)19(3)16-8-6-5-7-13(16)2/h13-17H,4-11H2,1-3H3. The van der Waals surface area contributed by atoms with Gasteiger partial charge >= 0.3 is 0 Å². The molecule has 0 aromatic rings. The van der Waals surface area contributed by atoms with Crippen LogP contribution in [-0.4, -0.2) is 24.0 Å². The summed E-state index contributed by atoms with van der Waals surface area (Å²) < 4.78 is 0. The molecule has 0 aromatic carbocycles. The Bertz CT molecular complexity index is 320. The van der Waals surface area contributed by atoms with Gasteiger partial charge in [-0.25, -0.2) is 0 Å². The van der Waals surface area contributed by atoms with Crippen molar-refractivity contribution in [3.05, 3.63) is 0 Å². The maximum absolute atomic E-state index is 9.46. The monoisotopic (exact) mass is 262 g/mol. The summed E-state index contributed by atoms with van der Waals surface area (Å²) >= 11 is 0. The summed E-state index contributed by atoms with van der Waals surface area (Å²) in [5.41, 5.74) is 0. The normalized spacial score (nSPS) is 40.1. The van der Waals surface area contributed by atoms with Gasteiger partial charge in [0.25, 0.3) is 0 Å². The van der Waals surface area contributed by atoms with Gasteiger partial charge in [-0.3, -0.25) is 4.90 Å². The molecule has 2 heteroatoms. The van der Waals surface area contributed by atoms with E-state index in [1.807, 2.05) is 0 Å². The van der Waals surface area contributed by atoms with Gasteiger partial charge in [-0.1, -0.05) is 33.1 Å². The minimum atomic E-state index is 0.266. The first kappa shape index (κ1) is 14.9. The summed E-state index contributed by atoms with van der Waals surface area (Å²) in [4.78, 5) is 2.60. The molecular formula is C17H30N2. The van der Waals surface area contributed by atoms with E-state index in [9.17, 15) is 5.26 Å². The van der Waals surface area contributed by atoms with Gasteiger partial charge in [0.2, 0.25) is 0 Å². The number of nitriles is 1. The van der Waals surface area contributed by atoms with Crippen LogP contribution in [0.1, 0.15) is 65.2 Å². The Labute approximate surface area is 119 Å². The van der Waals surface area contributed by atoms with Gasteiger partial charge in [0.05, 0.1) is 12.0 Å². The van der Waals surface area contributed by atoms with Crippen molar-refractivity contribution < 1.29 is 0 Å². The molecule has 0 spiro atoms.